The molecule has 1 unspecified atom stereocenters. The molecule has 0 N–H and O–H groups in total. The Hall–Kier alpha value is -1.41. The Morgan fingerprint density at radius 1 is 1.60 bits per heavy atom. The number of hydrogen-bond acceptors (Lipinski definition) is 7. The normalized spacial score (nSPS) is 12.6. The molecule has 2 aromatic heterocycles. The van der Waals surface area contributed by atoms with Crippen molar-refractivity contribution in [3.05, 3.63) is 27.1 Å². The van der Waals surface area contributed by atoms with Gasteiger partial charge in [0.05, 0.1) is 13.0 Å². The van der Waals surface area contributed by atoms with E-state index in [-0.39, 0.29) is 17.4 Å². The van der Waals surface area contributed by atoms with E-state index in [1.807, 2.05) is 6.92 Å². The van der Waals surface area contributed by atoms with Crippen LogP contribution in [0.1, 0.15) is 17.6 Å². The van der Waals surface area contributed by atoms with Crippen LogP contribution in [0.2, 0.25) is 0 Å². The Kier molecular flexibility index (Phi) is 4.77. The van der Waals surface area contributed by atoms with E-state index in [1.54, 1.807) is 18.7 Å². The molecule has 2 rings (SSSR count). The molecule has 0 saturated heterocycles. The van der Waals surface area contributed by atoms with E-state index in [0.717, 1.165) is 5.01 Å². The number of carbonyl (C=O) groups excluding carboxylic acids is 1. The van der Waals surface area contributed by atoms with Gasteiger partial charge in [0.2, 0.25) is 4.96 Å². The number of fused-ring (bicyclic) bond motifs is 1. The van der Waals surface area contributed by atoms with Crippen molar-refractivity contribution in [2.24, 2.45) is 5.92 Å². The van der Waals surface area contributed by atoms with Gasteiger partial charge in [-0.1, -0.05) is 18.3 Å². The zero-order valence-corrected chi connectivity index (χ0v) is 13.1. The smallest absolute Gasteiger partial charge is 0.309 e. The Bertz CT molecular complexity index is 680. The van der Waals surface area contributed by atoms with Gasteiger partial charge in [0, 0.05) is 23.3 Å². The minimum Gasteiger partial charge on any atom is -0.469 e. The van der Waals surface area contributed by atoms with Gasteiger partial charge in [0.15, 0.2) is 0 Å². The number of aryl methyl sites for hydroxylation is 1. The van der Waals surface area contributed by atoms with Crippen LogP contribution in [0.3, 0.4) is 0 Å². The summed E-state index contributed by atoms with van der Waals surface area (Å²) in [5.74, 6) is 0.940. The number of thioether (sulfide) groups is 1. The number of hydrogen-bond donors (Lipinski definition) is 0. The highest BCUT2D eigenvalue weighted by atomic mass is 32.2. The lowest BCUT2D eigenvalue weighted by Crippen LogP contribution is -2.15. The van der Waals surface area contributed by atoms with E-state index in [9.17, 15) is 9.59 Å². The predicted molar refractivity (Wildman–Crippen MR) is 79.2 cm³/mol. The summed E-state index contributed by atoms with van der Waals surface area (Å²) in [6.07, 6.45) is 0. The van der Waals surface area contributed by atoms with Crippen molar-refractivity contribution in [3.63, 3.8) is 0 Å². The molecule has 20 heavy (non-hydrogen) atoms. The van der Waals surface area contributed by atoms with Gasteiger partial charge in [-0.15, -0.1) is 0 Å². The summed E-state index contributed by atoms with van der Waals surface area (Å²) in [6.45, 7) is 3.61. The van der Waals surface area contributed by atoms with E-state index < -0.39 is 0 Å². The number of rotatable bonds is 5. The average Bonchev–Trinajstić information content (AvgIpc) is 2.80. The third-order valence-corrected chi connectivity index (χ3v) is 4.92. The maximum Gasteiger partial charge on any atom is 0.309 e. The molecule has 0 aliphatic carbocycles. The van der Waals surface area contributed by atoms with Crippen molar-refractivity contribution in [1.29, 1.82) is 0 Å². The largest absolute Gasteiger partial charge is 0.469 e. The summed E-state index contributed by atoms with van der Waals surface area (Å²) < 4.78 is 5.99. The number of ether oxygens (including phenoxy) is 1. The SMILES string of the molecule is COC(=O)C(C)CSCc1nn2c(=O)cc(C)nc2s1. The molecular weight excluding hydrogens is 298 g/mol. The van der Waals surface area contributed by atoms with Gasteiger partial charge in [-0.05, 0) is 6.92 Å². The van der Waals surface area contributed by atoms with Gasteiger partial charge in [-0.3, -0.25) is 9.59 Å². The van der Waals surface area contributed by atoms with Crippen molar-refractivity contribution in [3.8, 4) is 0 Å². The van der Waals surface area contributed by atoms with Crippen LogP contribution < -0.4 is 5.56 Å². The first-order chi connectivity index (χ1) is 9.51. The fraction of sp³-hybridized carbons (Fsp3) is 0.500. The number of carbonyl (C=O) groups is 1. The van der Waals surface area contributed by atoms with Crippen LogP contribution in [0.25, 0.3) is 4.96 Å². The molecule has 0 aromatic carbocycles. The lowest BCUT2D eigenvalue weighted by atomic mass is 10.2. The van der Waals surface area contributed by atoms with Crippen molar-refractivity contribution >= 4 is 34.0 Å². The first-order valence-electron chi connectivity index (χ1n) is 6.03. The molecule has 2 aromatic rings. The summed E-state index contributed by atoms with van der Waals surface area (Å²) in [4.78, 5) is 27.9. The number of esters is 1. The van der Waals surface area contributed by atoms with Crippen molar-refractivity contribution in [1.82, 2.24) is 14.6 Å². The van der Waals surface area contributed by atoms with Gasteiger partial charge < -0.3 is 4.74 Å². The second-order valence-corrected chi connectivity index (χ2v) is 6.44. The number of methoxy groups -OCH3 is 1. The molecule has 2 heterocycles. The van der Waals surface area contributed by atoms with E-state index in [1.165, 1.54) is 29.0 Å². The van der Waals surface area contributed by atoms with Gasteiger partial charge in [-0.25, -0.2) is 4.98 Å². The zero-order valence-electron chi connectivity index (χ0n) is 11.5. The molecule has 1 atom stereocenters. The van der Waals surface area contributed by atoms with Gasteiger partial charge >= 0.3 is 5.97 Å². The highest BCUT2D eigenvalue weighted by molar-refractivity contribution is 7.98. The molecule has 0 fully saturated rings. The lowest BCUT2D eigenvalue weighted by molar-refractivity contribution is -0.143. The number of aromatic nitrogens is 3. The van der Waals surface area contributed by atoms with Gasteiger partial charge in [0.25, 0.3) is 5.56 Å². The molecule has 0 amide bonds. The van der Waals surface area contributed by atoms with Crippen LogP contribution in [0.4, 0.5) is 0 Å². The monoisotopic (exact) mass is 313 g/mol. The van der Waals surface area contributed by atoms with Crippen molar-refractivity contribution in [2.45, 2.75) is 19.6 Å². The fourth-order valence-electron chi connectivity index (χ4n) is 1.61. The first kappa shape index (κ1) is 15.0. The summed E-state index contributed by atoms with van der Waals surface area (Å²) in [6, 6.07) is 1.46. The molecule has 108 valence electrons. The predicted octanol–water partition coefficient (Wildman–Crippen LogP) is 1.50. The Morgan fingerprint density at radius 3 is 3.05 bits per heavy atom. The van der Waals surface area contributed by atoms with E-state index in [0.29, 0.717) is 22.2 Å². The maximum atomic E-state index is 11.7. The minimum atomic E-state index is -0.213. The molecular formula is C12H15N3O3S2. The summed E-state index contributed by atoms with van der Waals surface area (Å²) in [7, 11) is 1.39. The van der Waals surface area contributed by atoms with Crippen LogP contribution in [0.15, 0.2) is 10.9 Å². The molecule has 0 aliphatic rings. The highest BCUT2D eigenvalue weighted by Gasteiger charge is 2.14. The van der Waals surface area contributed by atoms with Gasteiger partial charge in [0.1, 0.15) is 5.01 Å². The summed E-state index contributed by atoms with van der Waals surface area (Å²) in [5.41, 5.74) is 0.528. The Morgan fingerprint density at radius 2 is 2.35 bits per heavy atom. The standard InChI is InChI=1S/C12H15N3O3S2/c1-7(11(17)18-3)5-19-6-9-14-15-10(16)4-8(2)13-12(15)20-9/h4,7H,5-6H2,1-3H3. The molecule has 0 saturated carbocycles. The first-order valence-corrected chi connectivity index (χ1v) is 8.00. The van der Waals surface area contributed by atoms with E-state index in [4.69, 9.17) is 0 Å². The lowest BCUT2D eigenvalue weighted by Gasteiger charge is -2.06. The highest BCUT2D eigenvalue weighted by Crippen LogP contribution is 2.19. The Labute approximate surface area is 124 Å². The fourth-order valence-corrected chi connectivity index (χ4v) is 3.68. The second-order valence-electron chi connectivity index (χ2n) is 4.37. The Balaban J connectivity index is 2.02. The molecule has 0 bridgehead atoms. The van der Waals surface area contributed by atoms with Crippen LogP contribution in [0.5, 0.6) is 0 Å². The van der Waals surface area contributed by atoms with Crippen LogP contribution in [-0.4, -0.2) is 33.4 Å². The van der Waals surface area contributed by atoms with E-state index >= 15 is 0 Å². The quantitative estimate of drug-likeness (QED) is 0.779. The second kappa shape index (κ2) is 6.36. The molecule has 0 aliphatic heterocycles. The molecule has 8 heteroatoms. The topological polar surface area (TPSA) is 73.6 Å². The third kappa shape index (κ3) is 3.37. The van der Waals surface area contributed by atoms with Gasteiger partial charge in [-0.2, -0.15) is 21.4 Å². The summed E-state index contributed by atoms with van der Waals surface area (Å²) >= 11 is 2.98. The molecule has 6 nitrogen and oxygen atoms in total. The summed E-state index contributed by atoms with van der Waals surface area (Å²) in [5, 5.41) is 5.06. The number of nitrogens with zero attached hydrogens (tertiary/aromatic N) is 3. The van der Waals surface area contributed by atoms with Crippen LogP contribution in [-0.2, 0) is 15.3 Å². The van der Waals surface area contributed by atoms with E-state index in [2.05, 4.69) is 14.8 Å². The average molecular weight is 313 g/mol. The van der Waals surface area contributed by atoms with Crippen LogP contribution in [0, 0.1) is 12.8 Å². The van der Waals surface area contributed by atoms with Crippen LogP contribution >= 0.6 is 23.1 Å². The molecule has 0 spiro atoms. The zero-order chi connectivity index (χ0) is 14.7. The molecule has 0 radical (unpaired) electrons. The maximum absolute atomic E-state index is 11.7. The van der Waals surface area contributed by atoms with Crippen molar-refractivity contribution < 1.29 is 9.53 Å². The minimum absolute atomic E-state index is 0.150. The third-order valence-electron chi connectivity index (χ3n) is 2.61. The van der Waals surface area contributed by atoms with Crippen molar-refractivity contribution in [2.75, 3.05) is 12.9 Å².